The molecule has 0 bridgehead atoms. The second-order valence-electron chi connectivity index (χ2n) is 7.54. The van der Waals surface area contributed by atoms with Crippen LogP contribution in [0.4, 0.5) is 8.78 Å². The third kappa shape index (κ3) is 4.39. The van der Waals surface area contributed by atoms with Crippen molar-refractivity contribution in [3.8, 4) is 0 Å². The zero-order valence-corrected chi connectivity index (χ0v) is 17.6. The molecule has 1 N–H and O–H groups in total. The molecule has 3 rings (SSSR count). The van der Waals surface area contributed by atoms with E-state index in [0.717, 1.165) is 12.1 Å². The quantitative estimate of drug-likeness (QED) is 0.606. The lowest BCUT2D eigenvalue weighted by molar-refractivity contribution is 0.0133. The van der Waals surface area contributed by atoms with E-state index in [9.17, 15) is 13.9 Å². The highest BCUT2D eigenvalue weighted by molar-refractivity contribution is 8.01. The number of rotatable bonds is 6. The van der Waals surface area contributed by atoms with Crippen molar-refractivity contribution in [3.05, 3.63) is 53.9 Å². The van der Waals surface area contributed by atoms with Crippen LogP contribution in [0.15, 0.2) is 35.2 Å². The third-order valence-corrected chi connectivity index (χ3v) is 6.36. The van der Waals surface area contributed by atoms with Crippen molar-refractivity contribution in [3.63, 3.8) is 0 Å². The standard InChI is InChI=1S/C18H21F2N5OS2/c1-11(27-16-23-15(24-28-16)17(2,3)4)18(26,8-25-10-21-9-22-25)13-6-5-12(19)7-14(13)20/h5-7,9-11,26H,8H2,1-4H3. The normalized spacial score (nSPS) is 15.4. The van der Waals surface area contributed by atoms with E-state index >= 15 is 0 Å². The van der Waals surface area contributed by atoms with Crippen LogP contribution in [0.2, 0.25) is 0 Å². The zero-order chi connectivity index (χ0) is 20.5. The van der Waals surface area contributed by atoms with Gasteiger partial charge < -0.3 is 5.11 Å². The Bertz CT molecular complexity index is 942. The van der Waals surface area contributed by atoms with Crippen molar-refractivity contribution >= 4 is 23.3 Å². The minimum atomic E-state index is -1.68. The Morgan fingerprint density at radius 3 is 2.61 bits per heavy atom. The first-order chi connectivity index (χ1) is 13.1. The van der Waals surface area contributed by atoms with Gasteiger partial charge in [0.2, 0.25) is 0 Å². The first-order valence-electron chi connectivity index (χ1n) is 8.61. The molecule has 0 saturated carbocycles. The molecule has 0 aliphatic rings. The summed E-state index contributed by atoms with van der Waals surface area (Å²) in [5, 5.41) is 15.0. The van der Waals surface area contributed by atoms with E-state index in [1.807, 2.05) is 20.8 Å². The maximum absolute atomic E-state index is 14.6. The first kappa shape index (κ1) is 20.8. The van der Waals surface area contributed by atoms with Crippen LogP contribution in [0.5, 0.6) is 0 Å². The van der Waals surface area contributed by atoms with Gasteiger partial charge in [0.05, 0.1) is 6.54 Å². The van der Waals surface area contributed by atoms with Crippen LogP contribution < -0.4 is 0 Å². The fourth-order valence-electron chi connectivity index (χ4n) is 2.65. The predicted octanol–water partition coefficient (Wildman–Crippen LogP) is 3.77. The van der Waals surface area contributed by atoms with Gasteiger partial charge in [-0.15, -0.1) is 0 Å². The third-order valence-electron chi connectivity index (χ3n) is 4.30. The lowest BCUT2D eigenvalue weighted by atomic mass is 9.90. The number of hydrogen-bond donors (Lipinski definition) is 1. The summed E-state index contributed by atoms with van der Waals surface area (Å²) in [6.45, 7) is 7.77. The van der Waals surface area contributed by atoms with Gasteiger partial charge in [0.1, 0.15) is 35.7 Å². The summed E-state index contributed by atoms with van der Waals surface area (Å²) in [5.41, 5.74) is -1.88. The summed E-state index contributed by atoms with van der Waals surface area (Å²) in [4.78, 5) is 8.40. The second-order valence-corrected chi connectivity index (χ2v) is 9.88. The molecule has 1 aromatic carbocycles. The van der Waals surface area contributed by atoms with Gasteiger partial charge in [-0.3, -0.25) is 0 Å². The maximum atomic E-state index is 14.6. The molecule has 0 aliphatic heterocycles. The summed E-state index contributed by atoms with van der Waals surface area (Å²) in [6.07, 6.45) is 2.77. The number of benzene rings is 1. The molecule has 2 unspecified atom stereocenters. The van der Waals surface area contributed by atoms with Gasteiger partial charge in [-0.1, -0.05) is 38.6 Å². The highest BCUT2D eigenvalue weighted by Gasteiger charge is 2.40. The van der Waals surface area contributed by atoms with Crippen LogP contribution in [0, 0.1) is 11.6 Å². The van der Waals surface area contributed by atoms with E-state index in [1.54, 1.807) is 6.92 Å². The number of thioether (sulfide) groups is 1. The van der Waals surface area contributed by atoms with Crippen LogP contribution in [0.3, 0.4) is 0 Å². The molecule has 3 aromatic rings. The Hall–Kier alpha value is -1.91. The fourth-order valence-corrected chi connectivity index (χ4v) is 4.81. The van der Waals surface area contributed by atoms with Crippen LogP contribution in [0.25, 0.3) is 0 Å². The van der Waals surface area contributed by atoms with Crippen molar-refractivity contribution in [2.24, 2.45) is 0 Å². The molecule has 0 fully saturated rings. The molecule has 0 saturated heterocycles. The minimum Gasteiger partial charge on any atom is -0.382 e. The summed E-state index contributed by atoms with van der Waals surface area (Å²) < 4.78 is 34.4. The van der Waals surface area contributed by atoms with Crippen LogP contribution >= 0.6 is 23.3 Å². The van der Waals surface area contributed by atoms with Gasteiger partial charge in [0.15, 0.2) is 4.34 Å². The molecule has 6 nitrogen and oxygen atoms in total. The average molecular weight is 426 g/mol. The average Bonchev–Trinajstić information content (AvgIpc) is 3.25. The Morgan fingerprint density at radius 1 is 1.29 bits per heavy atom. The van der Waals surface area contributed by atoms with Crippen molar-refractivity contribution in [1.29, 1.82) is 0 Å². The summed E-state index contributed by atoms with van der Waals surface area (Å²) >= 11 is 2.52. The second kappa shape index (κ2) is 7.84. The monoisotopic (exact) mass is 425 g/mol. The van der Waals surface area contributed by atoms with Crippen LogP contribution in [0.1, 0.15) is 39.1 Å². The van der Waals surface area contributed by atoms with Gasteiger partial charge in [-0.25, -0.2) is 23.4 Å². The van der Waals surface area contributed by atoms with Crippen molar-refractivity contribution in [1.82, 2.24) is 24.1 Å². The lowest BCUT2D eigenvalue weighted by Crippen LogP contribution is -2.41. The lowest BCUT2D eigenvalue weighted by Gasteiger charge is -2.33. The van der Waals surface area contributed by atoms with Gasteiger partial charge in [-0.05, 0) is 24.5 Å². The van der Waals surface area contributed by atoms with E-state index in [1.165, 1.54) is 46.7 Å². The first-order valence-corrected chi connectivity index (χ1v) is 10.3. The molecule has 0 spiro atoms. The van der Waals surface area contributed by atoms with E-state index in [4.69, 9.17) is 0 Å². The molecular weight excluding hydrogens is 404 g/mol. The number of halogens is 2. The molecule has 0 aliphatic carbocycles. The molecule has 150 valence electrons. The number of aromatic nitrogens is 5. The Labute approximate surface area is 170 Å². The van der Waals surface area contributed by atoms with Crippen molar-refractivity contribution < 1.29 is 13.9 Å². The van der Waals surface area contributed by atoms with Crippen LogP contribution in [-0.2, 0) is 17.6 Å². The van der Waals surface area contributed by atoms with Gasteiger partial charge in [-0.2, -0.15) is 9.47 Å². The largest absolute Gasteiger partial charge is 0.382 e. The molecule has 28 heavy (non-hydrogen) atoms. The van der Waals surface area contributed by atoms with E-state index in [-0.39, 0.29) is 17.5 Å². The minimum absolute atomic E-state index is 0.00930. The molecule has 10 heteroatoms. The summed E-state index contributed by atoms with van der Waals surface area (Å²) in [6, 6.07) is 3.16. The molecular formula is C18H21F2N5OS2. The number of aliphatic hydroxyl groups is 1. The van der Waals surface area contributed by atoms with Gasteiger partial charge >= 0.3 is 0 Å². The highest BCUT2D eigenvalue weighted by Crippen LogP contribution is 2.40. The number of nitrogens with zero attached hydrogens (tertiary/aromatic N) is 5. The Morgan fingerprint density at radius 2 is 2.04 bits per heavy atom. The summed E-state index contributed by atoms with van der Waals surface area (Å²) in [7, 11) is 0. The maximum Gasteiger partial charge on any atom is 0.170 e. The van der Waals surface area contributed by atoms with E-state index in [2.05, 4.69) is 19.4 Å². The van der Waals surface area contributed by atoms with Crippen molar-refractivity contribution in [2.45, 2.75) is 54.8 Å². The zero-order valence-electron chi connectivity index (χ0n) is 15.9. The smallest absolute Gasteiger partial charge is 0.170 e. The van der Waals surface area contributed by atoms with Gasteiger partial charge in [0.25, 0.3) is 0 Å². The summed E-state index contributed by atoms with van der Waals surface area (Å²) in [5.74, 6) is -0.814. The predicted molar refractivity (Wildman–Crippen MR) is 104 cm³/mol. The molecule has 0 radical (unpaired) electrons. The fraction of sp³-hybridized carbons (Fsp3) is 0.444. The van der Waals surface area contributed by atoms with E-state index in [0.29, 0.717) is 10.2 Å². The topological polar surface area (TPSA) is 76.7 Å². The molecule has 2 aromatic heterocycles. The molecule has 2 heterocycles. The van der Waals surface area contributed by atoms with Crippen LogP contribution in [-0.4, -0.2) is 34.5 Å². The van der Waals surface area contributed by atoms with Gasteiger partial charge in [0, 0.05) is 22.3 Å². The van der Waals surface area contributed by atoms with E-state index < -0.39 is 22.5 Å². The Kier molecular flexibility index (Phi) is 5.83. The SMILES string of the molecule is CC(Sc1nc(C(C)(C)C)ns1)C(O)(Cn1cncn1)c1ccc(F)cc1F. The highest BCUT2D eigenvalue weighted by atomic mass is 32.2. The number of hydrogen-bond acceptors (Lipinski definition) is 7. The van der Waals surface area contributed by atoms with Crippen molar-refractivity contribution in [2.75, 3.05) is 0 Å². The Balaban J connectivity index is 1.95. The molecule has 2 atom stereocenters. The molecule has 0 amide bonds.